The molecule has 1 aromatic heterocycles. The van der Waals surface area contributed by atoms with Crippen LogP contribution in [0.2, 0.25) is 0 Å². The molecule has 1 heterocycles. The Bertz CT molecular complexity index is 1810. The maximum atomic E-state index is 13.6. The number of rotatable bonds is 12. The van der Waals surface area contributed by atoms with E-state index in [0.717, 1.165) is 10.5 Å². The van der Waals surface area contributed by atoms with Gasteiger partial charge in [-0.3, -0.25) is 14.4 Å². The summed E-state index contributed by atoms with van der Waals surface area (Å²) in [6, 6.07) is 33.7. The molecule has 0 bridgehead atoms. The SMILES string of the molecule is COc1ccc(NC(=O)C(Sc2ccc(NC(=O)/C(=C/c3ccco3)NC(=O)c3ccccc3)cc2)c2ccccc2)c(OC)c1. The third-order valence-electron chi connectivity index (χ3n) is 6.73. The molecule has 5 rings (SSSR count). The van der Waals surface area contributed by atoms with E-state index in [0.29, 0.717) is 34.2 Å². The second-order valence-electron chi connectivity index (χ2n) is 9.84. The number of nitrogens with one attached hydrogen (secondary N) is 3. The molecular formula is C36H31N3O6S. The second kappa shape index (κ2) is 15.3. The van der Waals surface area contributed by atoms with E-state index in [9.17, 15) is 14.4 Å². The summed E-state index contributed by atoms with van der Waals surface area (Å²) in [4.78, 5) is 40.5. The van der Waals surface area contributed by atoms with Crippen molar-refractivity contribution >= 4 is 46.9 Å². The fourth-order valence-electron chi connectivity index (χ4n) is 4.41. The summed E-state index contributed by atoms with van der Waals surface area (Å²) >= 11 is 1.36. The van der Waals surface area contributed by atoms with Crippen molar-refractivity contribution in [1.82, 2.24) is 5.32 Å². The van der Waals surface area contributed by atoms with Crippen LogP contribution in [0.15, 0.2) is 137 Å². The van der Waals surface area contributed by atoms with Crippen LogP contribution in [0.1, 0.15) is 26.9 Å². The van der Waals surface area contributed by atoms with Gasteiger partial charge < -0.3 is 29.8 Å². The fraction of sp³-hybridized carbons (Fsp3) is 0.0833. The number of ether oxygens (including phenoxy) is 2. The van der Waals surface area contributed by atoms with Crippen molar-refractivity contribution in [3.63, 3.8) is 0 Å². The lowest BCUT2D eigenvalue weighted by Crippen LogP contribution is -2.30. The van der Waals surface area contributed by atoms with Crippen LogP contribution in [0.3, 0.4) is 0 Å². The first kappa shape index (κ1) is 31.7. The Morgan fingerprint density at radius 3 is 2.15 bits per heavy atom. The van der Waals surface area contributed by atoms with Crippen LogP contribution in [0, 0.1) is 0 Å². The van der Waals surface area contributed by atoms with Gasteiger partial charge in [0.2, 0.25) is 5.91 Å². The van der Waals surface area contributed by atoms with Crippen LogP contribution >= 0.6 is 11.8 Å². The van der Waals surface area contributed by atoms with Crippen LogP contribution in [0.4, 0.5) is 11.4 Å². The number of hydrogen-bond donors (Lipinski definition) is 3. The third-order valence-corrected chi connectivity index (χ3v) is 8.00. The summed E-state index contributed by atoms with van der Waals surface area (Å²) in [7, 11) is 3.09. The molecule has 0 aliphatic carbocycles. The third kappa shape index (κ3) is 8.25. The Kier molecular flexibility index (Phi) is 10.5. The van der Waals surface area contributed by atoms with Crippen molar-refractivity contribution in [1.29, 1.82) is 0 Å². The Morgan fingerprint density at radius 1 is 0.783 bits per heavy atom. The zero-order chi connectivity index (χ0) is 32.3. The first-order valence-electron chi connectivity index (χ1n) is 14.2. The van der Waals surface area contributed by atoms with E-state index in [1.165, 1.54) is 31.2 Å². The summed E-state index contributed by atoms with van der Waals surface area (Å²) in [5.74, 6) is 0.290. The fourth-order valence-corrected chi connectivity index (χ4v) is 5.43. The molecule has 232 valence electrons. The van der Waals surface area contributed by atoms with Gasteiger partial charge in [-0.25, -0.2) is 0 Å². The van der Waals surface area contributed by atoms with Crippen molar-refractivity contribution in [3.8, 4) is 11.5 Å². The number of amides is 3. The lowest BCUT2D eigenvalue weighted by atomic mass is 10.1. The Hall–Kier alpha value is -5.74. The van der Waals surface area contributed by atoms with E-state index in [-0.39, 0.29) is 11.6 Å². The van der Waals surface area contributed by atoms with E-state index < -0.39 is 17.1 Å². The quantitative estimate of drug-likeness (QED) is 0.0984. The van der Waals surface area contributed by atoms with Gasteiger partial charge in [-0.2, -0.15) is 0 Å². The number of benzene rings is 4. The van der Waals surface area contributed by atoms with Crippen molar-refractivity contribution in [3.05, 3.63) is 144 Å². The summed E-state index contributed by atoms with van der Waals surface area (Å²) < 4.78 is 16.1. The van der Waals surface area contributed by atoms with Gasteiger partial charge >= 0.3 is 0 Å². The molecule has 1 unspecified atom stereocenters. The number of methoxy groups -OCH3 is 2. The van der Waals surface area contributed by atoms with Gasteiger partial charge in [-0.1, -0.05) is 48.5 Å². The topological polar surface area (TPSA) is 119 Å². The zero-order valence-electron chi connectivity index (χ0n) is 25.1. The highest BCUT2D eigenvalue weighted by Crippen LogP contribution is 2.38. The minimum atomic E-state index is -0.593. The number of carbonyl (C=O) groups excluding carboxylic acids is 3. The molecule has 0 fully saturated rings. The molecule has 3 N–H and O–H groups in total. The summed E-state index contributed by atoms with van der Waals surface area (Å²) in [6.07, 6.45) is 2.94. The van der Waals surface area contributed by atoms with Gasteiger partial charge in [0.25, 0.3) is 11.8 Å². The molecule has 1 atom stereocenters. The smallest absolute Gasteiger partial charge is 0.272 e. The van der Waals surface area contributed by atoms with Crippen LogP contribution in [0.25, 0.3) is 6.08 Å². The molecule has 3 amide bonds. The predicted octanol–water partition coefficient (Wildman–Crippen LogP) is 7.18. The number of hydrogen-bond acceptors (Lipinski definition) is 7. The van der Waals surface area contributed by atoms with E-state index in [2.05, 4.69) is 16.0 Å². The van der Waals surface area contributed by atoms with Gasteiger partial charge in [0.15, 0.2) is 0 Å². The van der Waals surface area contributed by atoms with Crippen molar-refractivity contribution < 1.29 is 28.3 Å². The first-order chi connectivity index (χ1) is 22.4. The Morgan fingerprint density at radius 2 is 1.50 bits per heavy atom. The molecule has 0 saturated carbocycles. The van der Waals surface area contributed by atoms with Crippen LogP contribution in [-0.2, 0) is 9.59 Å². The maximum absolute atomic E-state index is 13.6. The van der Waals surface area contributed by atoms with Crippen molar-refractivity contribution in [2.75, 3.05) is 24.9 Å². The molecule has 0 saturated heterocycles. The molecule has 10 heteroatoms. The minimum Gasteiger partial charge on any atom is -0.497 e. The van der Waals surface area contributed by atoms with Gasteiger partial charge in [0.05, 0.1) is 26.2 Å². The van der Waals surface area contributed by atoms with E-state index in [1.807, 2.05) is 42.5 Å². The number of carbonyl (C=O) groups is 3. The number of thioether (sulfide) groups is 1. The molecule has 46 heavy (non-hydrogen) atoms. The monoisotopic (exact) mass is 633 g/mol. The van der Waals surface area contributed by atoms with Crippen LogP contribution in [0.5, 0.6) is 11.5 Å². The zero-order valence-corrected chi connectivity index (χ0v) is 25.9. The van der Waals surface area contributed by atoms with Crippen LogP contribution in [-0.4, -0.2) is 31.9 Å². The summed E-state index contributed by atoms with van der Waals surface area (Å²) in [6.45, 7) is 0. The molecule has 0 spiro atoms. The normalized spacial score (nSPS) is 11.7. The molecule has 5 aromatic rings. The number of furan rings is 1. The predicted molar refractivity (Wildman–Crippen MR) is 179 cm³/mol. The van der Waals surface area contributed by atoms with Crippen LogP contribution < -0.4 is 25.4 Å². The molecular weight excluding hydrogens is 602 g/mol. The average Bonchev–Trinajstić information content (AvgIpc) is 3.61. The summed E-state index contributed by atoms with van der Waals surface area (Å²) in [5, 5.41) is 7.89. The van der Waals surface area contributed by atoms with Gasteiger partial charge in [0, 0.05) is 28.3 Å². The van der Waals surface area contributed by atoms with E-state index >= 15 is 0 Å². The van der Waals surface area contributed by atoms with Gasteiger partial charge in [-0.15, -0.1) is 11.8 Å². The molecule has 0 aliphatic heterocycles. The number of anilines is 2. The van der Waals surface area contributed by atoms with Crippen molar-refractivity contribution in [2.24, 2.45) is 0 Å². The molecule has 0 radical (unpaired) electrons. The van der Waals surface area contributed by atoms with E-state index in [1.54, 1.807) is 79.9 Å². The Labute approximate surface area is 270 Å². The van der Waals surface area contributed by atoms with Gasteiger partial charge in [-0.05, 0) is 66.2 Å². The summed E-state index contributed by atoms with van der Waals surface area (Å²) in [5.41, 5.74) is 2.25. The van der Waals surface area contributed by atoms with Gasteiger partial charge in [0.1, 0.15) is 28.2 Å². The average molecular weight is 634 g/mol. The van der Waals surface area contributed by atoms with E-state index in [4.69, 9.17) is 13.9 Å². The second-order valence-corrected chi connectivity index (χ2v) is 11.0. The molecule has 4 aromatic carbocycles. The maximum Gasteiger partial charge on any atom is 0.272 e. The highest BCUT2D eigenvalue weighted by Gasteiger charge is 2.24. The largest absolute Gasteiger partial charge is 0.497 e. The lowest BCUT2D eigenvalue weighted by Gasteiger charge is -2.19. The van der Waals surface area contributed by atoms with Crippen molar-refractivity contribution in [2.45, 2.75) is 10.1 Å². The minimum absolute atomic E-state index is 0.0111. The highest BCUT2D eigenvalue weighted by atomic mass is 32.2. The highest BCUT2D eigenvalue weighted by molar-refractivity contribution is 8.00. The standard InChI is InChI=1S/C36H31N3O6S/c1-43-27-17-20-30(32(23-27)44-2)38-36(42)33(24-10-5-3-6-11-24)46-29-18-15-26(16-19-29)37-35(41)31(22-28-14-9-21-45-28)39-34(40)25-12-7-4-8-13-25/h3-23,33H,1-2H3,(H,37,41)(H,38,42)(H,39,40)/b31-22-. The first-order valence-corrected chi connectivity index (χ1v) is 15.1. The Balaban J connectivity index is 1.31. The molecule has 0 aliphatic rings. The lowest BCUT2D eigenvalue weighted by molar-refractivity contribution is -0.116. The molecule has 9 nitrogen and oxygen atoms in total.